The summed E-state index contributed by atoms with van der Waals surface area (Å²) in [4.78, 5) is 6.89. The van der Waals surface area contributed by atoms with Crippen molar-refractivity contribution in [3.8, 4) is 0 Å². The molecule has 17 heavy (non-hydrogen) atoms. The first-order chi connectivity index (χ1) is 8.19. The van der Waals surface area contributed by atoms with Crippen LogP contribution in [0.5, 0.6) is 0 Å². The Balaban J connectivity index is 1.98. The van der Waals surface area contributed by atoms with Crippen molar-refractivity contribution >= 4 is 0 Å². The van der Waals surface area contributed by atoms with E-state index in [-0.39, 0.29) is 0 Å². The molecular weight excluding hydrogens is 210 g/mol. The first-order valence-electron chi connectivity index (χ1n) is 6.54. The number of pyridine rings is 1. The maximum Gasteiger partial charge on any atom is 0.0372 e. The molecule has 3 heteroatoms. The van der Waals surface area contributed by atoms with Gasteiger partial charge in [-0.1, -0.05) is 6.07 Å². The molecular formula is C14H23N3. The summed E-state index contributed by atoms with van der Waals surface area (Å²) in [6, 6.07) is 4.94. The van der Waals surface area contributed by atoms with Gasteiger partial charge in [0.05, 0.1) is 0 Å². The molecule has 3 nitrogen and oxygen atoms in total. The summed E-state index contributed by atoms with van der Waals surface area (Å²) in [5.74, 6) is 0.671. The van der Waals surface area contributed by atoms with Crippen molar-refractivity contribution in [2.24, 2.45) is 11.7 Å². The standard InChI is InChI=1S/C14H23N3/c1-11-3-5-14(8-16-11)10-17-9-13(7-15)6-4-12(17)2/h3,5,8,12-13H,4,6-7,9-10,15H2,1-2H3. The molecule has 2 atom stereocenters. The summed E-state index contributed by atoms with van der Waals surface area (Å²) in [5.41, 5.74) is 8.17. The number of aromatic nitrogens is 1. The van der Waals surface area contributed by atoms with Crippen molar-refractivity contribution in [3.05, 3.63) is 29.6 Å². The van der Waals surface area contributed by atoms with E-state index >= 15 is 0 Å². The minimum Gasteiger partial charge on any atom is -0.330 e. The second-order valence-corrected chi connectivity index (χ2v) is 5.27. The Labute approximate surface area is 104 Å². The van der Waals surface area contributed by atoms with E-state index < -0.39 is 0 Å². The zero-order valence-electron chi connectivity index (χ0n) is 10.9. The first-order valence-corrected chi connectivity index (χ1v) is 6.54. The molecule has 0 radical (unpaired) electrons. The smallest absolute Gasteiger partial charge is 0.0372 e. The number of likely N-dealkylation sites (tertiary alicyclic amines) is 1. The number of aryl methyl sites for hydroxylation is 1. The molecule has 2 unspecified atom stereocenters. The van der Waals surface area contributed by atoms with Gasteiger partial charge in [0.2, 0.25) is 0 Å². The van der Waals surface area contributed by atoms with E-state index in [9.17, 15) is 0 Å². The summed E-state index contributed by atoms with van der Waals surface area (Å²) < 4.78 is 0. The van der Waals surface area contributed by atoms with Gasteiger partial charge >= 0.3 is 0 Å². The largest absolute Gasteiger partial charge is 0.330 e. The van der Waals surface area contributed by atoms with Crippen LogP contribution in [0.4, 0.5) is 0 Å². The maximum absolute atomic E-state index is 5.79. The molecule has 2 rings (SSSR count). The Morgan fingerprint density at radius 3 is 2.88 bits per heavy atom. The lowest BCUT2D eigenvalue weighted by atomic mass is 9.93. The van der Waals surface area contributed by atoms with E-state index in [1.54, 1.807) is 0 Å². The van der Waals surface area contributed by atoms with E-state index in [0.717, 1.165) is 25.3 Å². The third kappa shape index (κ3) is 3.27. The predicted octanol–water partition coefficient (Wildman–Crippen LogP) is 1.95. The molecule has 0 spiro atoms. The SMILES string of the molecule is Cc1ccc(CN2CC(CN)CCC2C)cn1. The number of rotatable bonds is 3. The molecule has 1 aromatic heterocycles. The molecule has 0 saturated carbocycles. The van der Waals surface area contributed by atoms with Crippen LogP contribution in [0.3, 0.4) is 0 Å². The molecule has 94 valence electrons. The van der Waals surface area contributed by atoms with Crippen LogP contribution in [0.1, 0.15) is 31.0 Å². The van der Waals surface area contributed by atoms with Crippen LogP contribution in [0.15, 0.2) is 18.3 Å². The van der Waals surface area contributed by atoms with Crippen molar-refractivity contribution < 1.29 is 0 Å². The Bertz CT molecular complexity index is 347. The highest BCUT2D eigenvalue weighted by Crippen LogP contribution is 2.22. The van der Waals surface area contributed by atoms with Crippen molar-refractivity contribution in [1.82, 2.24) is 9.88 Å². The van der Waals surface area contributed by atoms with Gasteiger partial charge in [-0.2, -0.15) is 0 Å². The highest BCUT2D eigenvalue weighted by Gasteiger charge is 2.24. The number of nitrogens with zero attached hydrogens (tertiary/aromatic N) is 2. The summed E-state index contributed by atoms with van der Waals surface area (Å²) in [6.07, 6.45) is 4.54. The second-order valence-electron chi connectivity index (χ2n) is 5.27. The highest BCUT2D eigenvalue weighted by molar-refractivity contribution is 5.13. The van der Waals surface area contributed by atoms with E-state index in [1.807, 2.05) is 13.1 Å². The van der Waals surface area contributed by atoms with Crippen molar-refractivity contribution in [2.45, 2.75) is 39.3 Å². The molecule has 0 aliphatic carbocycles. The van der Waals surface area contributed by atoms with Crippen LogP contribution >= 0.6 is 0 Å². The van der Waals surface area contributed by atoms with Crippen LogP contribution in [0.25, 0.3) is 0 Å². The van der Waals surface area contributed by atoms with E-state index in [2.05, 4.69) is 28.9 Å². The van der Waals surface area contributed by atoms with E-state index in [4.69, 9.17) is 5.73 Å². The minimum atomic E-state index is 0.666. The summed E-state index contributed by atoms with van der Waals surface area (Å²) in [7, 11) is 0. The van der Waals surface area contributed by atoms with Crippen molar-refractivity contribution in [1.29, 1.82) is 0 Å². The molecule has 0 amide bonds. The van der Waals surface area contributed by atoms with Crippen LogP contribution in [0, 0.1) is 12.8 Å². The molecule has 1 aromatic rings. The normalized spacial score (nSPS) is 26.1. The topological polar surface area (TPSA) is 42.1 Å². The Kier molecular flexibility index (Phi) is 4.13. The molecule has 0 bridgehead atoms. The van der Waals surface area contributed by atoms with Gasteiger partial charge in [0.15, 0.2) is 0 Å². The number of nitrogens with two attached hydrogens (primary N) is 1. The average molecular weight is 233 g/mol. The van der Waals surface area contributed by atoms with Crippen LogP contribution in [-0.4, -0.2) is 29.0 Å². The van der Waals surface area contributed by atoms with E-state index in [0.29, 0.717) is 12.0 Å². The quantitative estimate of drug-likeness (QED) is 0.867. The van der Waals surface area contributed by atoms with Crippen molar-refractivity contribution in [2.75, 3.05) is 13.1 Å². The molecule has 1 aliphatic heterocycles. The Morgan fingerprint density at radius 1 is 1.41 bits per heavy atom. The molecule has 1 saturated heterocycles. The monoisotopic (exact) mass is 233 g/mol. The van der Waals surface area contributed by atoms with Gasteiger partial charge < -0.3 is 5.73 Å². The maximum atomic E-state index is 5.79. The van der Waals surface area contributed by atoms with Crippen LogP contribution in [-0.2, 0) is 6.54 Å². The molecule has 1 aliphatic rings. The number of hydrogen-bond donors (Lipinski definition) is 1. The van der Waals surface area contributed by atoms with Crippen LogP contribution < -0.4 is 5.73 Å². The third-order valence-electron chi connectivity index (χ3n) is 3.80. The van der Waals surface area contributed by atoms with Gasteiger partial charge in [-0.15, -0.1) is 0 Å². The molecule has 1 fully saturated rings. The fraction of sp³-hybridized carbons (Fsp3) is 0.643. The molecule has 0 aromatic carbocycles. The van der Waals surface area contributed by atoms with Crippen LogP contribution in [0.2, 0.25) is 0 Å². The zero-order chi connectivity index (χ0) is 12.3. The molecule has 2 heterocycles. The predicted molar refractivity (Wildman–Crippen MR) is 70.6 cm³/mol. The zero-order valence-corrected chi connectivity index (χ0v) is 10.9. The van der Waals surface area contributed by atoms with Gasteiger partial charge in [-0.25, -0.2) is 0 Å². The fourth-order valence-corrected chi connectivity index (χ4v) is 2.50. The van der Waals surface area contributed by atoms with Gasteiger partial charge in [0, 0.05) is 31.0 Å². The Morgan fingerprint density at radius 2 is 2.24 bits per heavy atom. The summed E-state index contributed by atoms with van der Waals surface area (Å²) >= 11 is 0. The fourth-order valence-electron chi connectivity index (χ4n) is 2.50. The summed E-state index contributed by atoms with van der Waals surface area (Å²) in [6.45, 7) is 7.29. The van der Waals surface area contributed by atoms with Gasteiger partial charge in [-0.3, -0.25) is 9.88 Å². The number of piperidine rings is 1. The lowest BCUT2D eigenvalue weighted by Crippen LogP contribution is -2.43. The minimum absolute atomic E-state index is 0.666. The number of hydrogen-bond acceptors (Lipinski definition) is 3. The third-order valence-corrected chi connectivity index (χ3v) is 3.80. The van der Waals surface area contributed by atoms with Gasteiger partial charge in [0.25, 0.3) is 0 Å². The van der Waals surface area contributed by atoms with Gasteiger partial charge in [0.1, 0.15) is 0 Å². The average Bonchev–Trinajstić information content (AvgIpc) is 2.35. The highest BCUT2D eigenvalue weighted by atomic mass is 15.2. The lowest BCUT2D eigenvalue weighted by molar-refractivity contribution is 0.113. The van der Waals surface area contributed by atoms with E-state index in [1.165, 1.54) is 18.4 Å². The molecule has 2 N–H and O–H groups in total. The Hall–Kier alpha value is -0.930. The lowest BCUT2D eigenvalue weighted by Gasteiger charge is -2.37. The first kappa shape index (κ1) is 12.5. The van der Waals surface area contributed by atoms with Gasteiger partial charge in [-0.05, 0) is 50.8 Å². The second kappa shape index (κ2) is 5.61. The summed E-state index contributed by atoms with van der Waals surface area (Å²) in [5, 5.41) is 0. The van der Waals surface area contributed by atoms with Crippen molar-refractivity contribution in [3.63, 3.8) is 0 Å².